The number of carbonyl (C=O) groups is 1. The van der Waals surface area contributed by atoms with E-state index in [0.717, 1.165) is 10.9 Å². The first-order valence-electron chi connectivity index (χ1n) is 6.46. The van der Waals surface area contributed by atoms with Gasteiger partial charge in [0.25, 0.3) is 0 Å². The molecule has 102 valence electrons. The Morgan fingerprint density at radius 2 is 1.95 bits per heavy atom. The fraction of sp³-hybridized carbons (Fsp3) is 0.188. The number of hydrogen-bond donors (Lipinski definition) is 1. The van der Waals surface area contributed by atoms with Crippen LogP contribution < -0.4 is 5.32 Å². The van der Waals surface area contributed by atoms with Gasteiger partial charge < -0.3 is 5.32 Å². The van der Waals surface area contributed by atoms with Crippen LogP contribution in [0.3, 0.4) is 0 Å². The van der Waals surface area contributed by atoms with E-state index in [1.54, 1.807) is 6.07 Å². The molecule has 3 rings (SSSR count). The van der Waals surface area contributed by atoms with Gasteiger partial charge >= 0.3 is 0 Å². The van der Waals surface area contributed by atoms with E-state index in [0.29, 0.717) is 16.6 Å². The van der Waals surface area contributed by atoms with Crippen LogP contribution in [0.4, 0.5) is 5.69 Å². The average molecular weight is 351 g/mol. The molecule has 2 aromatic carbocycles. The molecule has 20 heavy (non-hydrogen) atoms. The number of rotatable bonds is 3. The number of carbonyl (C=O) groups excluding carboxylic acids is 1. The van der Waals surface area contributed by atoms with Crippen LogP contribution in [0.1, 0.15) is 17.9 Å². The largest absolute Gasteiger partial charge is 0.324 e. The van der Waals surface area contributed by atoms with Crippen LogP contribution in [0.25, 0.3) is 0 Å². The third-order valence-corrected chi connectivity index (χ3v) is 4.36. The van der Waals surface area contributed by atoms with E-state index in [1.807, 2.05) is 30.3 Å². The summed E-state index contributed by atoms with van der Waals surface area (Å²) in [5.41, 5.74) is 1.89. The summed E-state index contributed by atoms with van der Waals surface area (Å²) in [5, 5.41) is 3.47. The smallest absolute Gasteiger partial charge is 0.228 e. The molecule has 2 nitrogen and oxygen atoms in total. The van der Waals surface area contributed by atoms with Gasteiger partial charge in [-0.2, -0.15) is 0 Å². The maximum Gasteiger partial charge on any atom is 0.228 e. The van der Waals surface area contributed by atoms with Gasteiger partial charge in [-0.15, -0.1) is 0 Å². The fourth-order valence-electron chi connectivity index (χ4n) is 2.37. The number of halogens is 2. The molecule has 0 heterocycles. The summed E-state index contributed by atoms with van der Waals surface area (Å²) in [6, 6.07) is 15.6. The van der Waals surface area contributed by atoms with E-state index in [4.69, 9.17) is 11.6 Å². The number of nitrogens with one attached hydrogen (secondary N) is 1. The van der Waals surface area contributed by atoms with Gasteiger partial charge in [0.1, 0.15) is 0 Å². The lowest BCUT2D eigenvalue weighted by Gasteiger charge is -2.07. The molecular weight excluding hydrogens is 338 g/mol. The predicted molar refractivity (Wildman–Crippen MR) is 85.1 cm³/mol. The minimum absolute atomic E-state index is 0.0406. The molecule has 0 spiro atoms. The molecule has 0 radical (unpaired) electrons. The second-order valence-electron chi connectivity index (χ2n) is 4.97. The summed E-state index contributed by atoms with van der Waals surface area (Å²) >= 11 is 9.46. The quantitative estimate of drug-likeness (QED) is 0.843. The lowest BCUT2D eigenvalue weighted by Crippen LogP contribution is -2.14. The zero-order chi connectivity index (χ0) is 14.1. The predicted octanol–water partition coefficient (Wildman–Crippen LogP) is 4.84. The van der Waals surface area contributed by atoms with Gasteiger partial charge in [-0.3, -0.25) is 4.79 Å². The molecular formula is C16H13BrClNO. The van der Waals surface area contributed by atoms with Crippen LogP contribution in [-0.2, 0) is 4.79 Å². The van der Waals surface area contributed by atoms with Crippen LogP contribution in [0.5, 0.6) is 0 Å². The monoisotopic (exact) mass is 349 g/mol. The third kappa shape index (κ3) is 2.89. The van der Waals surface area contributed by atoms with Crippen molar-refractivity contribution in [1.82, 2.24) is 0 Å². The van der Waals surface area contributed by atoms with Crippen molar-refractivity contribution in [3.8, 4) is 0 Å². The van der Waals surface area contributed by atoms with Gasteiger partial charge in [0.05, 0.1) is 10.7 Å². The molecule has 1 saturated carbocycles. The first kappa shape index (κ1) is 13.7. The van der Waals surface area contributed by atoms with Gasteiger partial charge in [-0.1, -0.05) is 57.9 Å². The van der Waals surface area contributed by atoms with Crippen molar-refractivity contribution < 1.29 is 4.79 Å². The Kier molecular flexibility index (Phi) is 3.81. The van der Waals surface area contributed by atoms with Crippen molar-refractivity contribution in [3.05, 3.63) is 63.6 Å². The summed E-state index contributed by atoms with van der Waals surface area (Å²) in [5.74, 6) is 0.424. The van der Waals surface area contributed by atoms with Gasteiger partial charge in [-0.25, -0.2) is 0 Å². The van der Waals surface area contributed by atoms with Crippen molar-refractivity contribution >= 4 is 39.1 Å². The fourth-order valence-corrected chi connectivity index (χ4v) is 2.90. The molecule has 0 aromatic heterocycles. The van der Waals surface area contributed by atoms with E-state index < -0.39 is 0 Å². The SMILES string of the molecule is O=C(Nc1cc(Br)ccc1Cl)C1CC1c1ccccc1. The lowest BCUT2D eigenvalue weighted by molar-refractivity contribution is -0.117. The van der Waals surface area contributed by atoms with Gasteiger partial charge in [0.2, 0.25) is 5.91 Å². The molecule has 1 aliphatic carbocycles. The minimum atomic E-state index is 0.0406. The Balaban J connectivity index is 1.68. The normalized spacial score (nSPS) is 20.5. The standard InChI is InChI=1S/C16H13BrClNO/c17-11-6-7-14(18)15(8-11)19-16(20)13-9-12(13)10-4-2-1-3-5-10/h1-8,12-13H,9H2,(H,19,20). The molecule has 1 fully saturated rings. The van der Waals surface area contributed by atoms with E-state index in [9.17, 15) is 4.79 Å². The van der Waals surface area contributed by atoms with Crippen molar-refractivity contribution in [2.75, 3.05) is 5.32 Å². The number of benzene rings is 2. The van der Waals surface area contributed by atoms with E-state index in [1.165, 1.54) is 5.56 Å². The summed E-state index contributed by atoms with van der Waals surface area (Å²) in [6.07, 6.45) is 0.904. The second-order valence-corrected chi connectivity index (χ2v) is 6.30. The molecule has 1 aliphatic rings. The van der Waals surface area contributed by atoms with Crippen LogP contribution in [0.2, 0.25) is 5.02 Å². The first-order valence-corrected chi connectivity index (χ1v) is 7.63. The molecule has 4 heteroatoms. The Labute approximate surface area is 131 Å². The maximum atomic E-state index is 12.2. The third-order valence-electron chi connectivity index (χ3n) is 3.54. The second kappa shape index (κ2) is 5.58. The van der Waals surface area contributed by atoms with E-state index >= 15 is 0 Å². The van der Waals surface area contributed by atoms with Crippen molar-refractivity contribution in [1.29, 1.82) is 0 Å². The van der Waals surface area contributed by atoms with Crippen molar-refractivity contribution in [2.45, 2.75) is 12.3 Å². The van der Waals surface area contributed by atoms with Gasteiger partial charge in [0.15, 0.2) is 0 Å². The minimum Gasteiger partial charge on any atom is -0.324 e. The zero-order valence-electron chi connectivity index (χ0n) is 10.6. The number of anilines is 1. The summed E-state index contributed by atoms with van der Waals surface area (Å²) in [7, 11) is 0. The molecule has 2 aromatic rings. The van der Waals surface area contributed by atoms with Gasteiger partial charge in [0, 0.05) is 10.4 Å². The lowest BCUT2D eigenvalue weighted by atomic mass is 10.1. The maximum absolute atomic E-state index is 12.2. The van der Waals surface area contributed by atoms with E-state index in [2.05, 4.69) is 33.4 Å². The molecule has 2 unspecified atom stereocenters. The number of hydrogen-bond acceptors (Lipinski definition) is 1. The molecule has 0 aliphatic heterocycles. The van der Waals surface area contributed by atoms with Crippen LogP contribution in [-0.4, -0.2) is 5.91 Å². The topological polar surface area (TPSA) is 29.1 Å². The average Bonchev–Trinajstić information content (AvgIpc) is 3.24. The zero-order valence-corrected chi connectivity index (χ0v) is 13.0. The Bertz CT molecular complexity index is 644. The van der Waals surface area contributed by atoms with Crippen LogP contribution in [0, 0.1) is 5.92 Å². The van der Waals surface area contributed by atoms with Crippen molar-refractivity contribution in [2.24, 2.45) is 5.92 Å². The summed E-state index contributed by atoms with van der Waals surface area (Å²) < 4.78 is 0.896. The summed E-state index contributed by atoms with van der Waals surface area (Å²) in [6.45, 7) is 0. The van der Waals surface area contributed by atoms with Gasteiger partial charge in [-0.05, 0) is 36.1 Å². The molecule has 1 amide bonds. The highest BCUT2D eigenvalue weighted by Gasteiger charge is 2.43. The highest BCUT2D eigenvalue weighted by Crippen LogP contribution is 2.48. The molecule has 0 saturated heterocycles. The summed E-state index contributed by atoms with van der Waals surface area (Å²) in [4.78, 5) is 12.2. The van der Waals surface area contributed by atoms with E-state index in [-0.39, 0.29) is 11.8 Å². The van der Waals surface area contributed by atoms with Crippen LogP contribution in [0.15, 0.2) is 53.0 Å². The Morgan fingerprint density at radius 3 is 2.70 bits per heavy atom. The highest BCUT2D eigenvalue weighted by molar-refractivity contribution is 9.10. The Morgan fingerprint density at radius 1 is 1.20 bits per heavy atom. The number of amides is 1. The van der Waals surface area contributed by atoms with Crippen LogP contribution >= 0.6 is 27.5 Å². The highest BCUT2D eigenvalue weighted by atomic mass is 79.9. The van der Waals surface area contributed by atoms with Crippen molar-refractivity contribution in [3.63, 3.8) is 0 Å². The Hall–Kier alpha value is -1.32. The first-order chi connectivity index (χ1) is 9.65. The molecule has 2 atom stereocenters. The molecule has 1 N–H and O–H groups in total. The molecule has 0 bridgehead atoms.